The molecule has 3 rings (SSSR count). The molecule has 3 aromatic rings. The molecule has 0 saturated heterocycles. The molecule has 0 spiro atoms. The van der Waals surface area contributed by atoms with Gasteiger partial charge in [0.2, 0.25) is 0 Å². The van der Waals surface area contributed by atoms with Gasteiger partial charge in [-0.1, -0.05) is 30.4 Å². The number of nitrogens with zero attached hydrogens (tertiary/aromatic N) is 1. The minimum Gasteiger partial charge on any atom is -0.484 e. The molecule has 0 atom stereocenters. The third-order valence-electron chi connectivity index (χ3n) is 3.97. The predicted octanol–water partition coefficient (Wildman–Crippen LogP) is 3.66. The van der Waals surface area contributed by atoms with Crippen LogP contribution in [0.25, 0.3) is 10.2 Å². The van der Waals surface area contributed by atoms with E-state index in [0.717, 1.165) is 16.6 Å². The van der Waals surface area contributed by atoms with Gasteiger partial charge in [0.15, 0.2) is 6.61 Å². The second kappa shape index (κ2) is 7.53. The number of aryl methyl sites for hydroxylation is 2. The topological polar surface area (TPSA) is 60.3 Å². The first-order chi connectivity index (χ1) is 12.1. The fourth-order valence-corrected chi connectivity index (χ4v) is 3.61. The molecule has 0 aliphatic carbocycles. The molecular weight excluding hydrogens is 336 g/mol. The van der Waals surface area contributed by atoms with Crippen molar-refractivity contribution in [1.82, 2.24) is 4.57 Å². The SMILES string of the molecule is CCc1ccc(OCC(=O)Nc2ccc3c(c2)sc(=O)n3CC)cc1. The van der Waals surface area contributed by atoms with Crippen molar-refractivity contribution in [3.63, 3.8) is 0 Å². The van der Waals surface area contributed by atoms with Gasteiger partial charge < -0.3 is 10.1 Å². The van der Waals surface area contributed by atoms with Crippen LogP contribution in [0.2, 0.25) is 0 Å². The number of fused-ring (bicyclic) bond motifs is 1. The van der Waals surface area contributed by atoms with E-state index in [2.05, 4.69) is 12.2 Å². The van der Waals surface area contributed by atoms with Crippen molar-refractivity contribution >= 4 is 33.1 Å². The van der Waals surface area contributed by atoms with E-state index in [9.17, 15) is 9.59 Å². The van der Waals surface area contributed by atoms with Crippen molar-refractivity contribution in [3.05, 3.63) is 57.7 Å². The molecule has 0 aliphatic rings. The molecule has 0 saturated carbocycles. The molecule has 6 heteroatoms. The number of amides is 1. The van der Waals surface area contributed by atoms with E-state index in [0.29, 0.717) is 18.0 Å². The maximum atomic E-state index is 12.1. The lowest BCUT2D eigenvalue weighted by atomic mass is 10.2. The van der Waals surface area contributed by atoms with E-state index in [1.807, 2.05) is 43.3 Å². The van der Waals surface area contributed by atoms with Crippen LogP contribution in [0.15, 0.2) is 47.3 Å². The lowest BCUT2D eigenvalue weighted by Crippen LogP contribution is -2.20. The van der Waals surface area contributed by atoms with Gasteiger partial charge in [-0.3, -0.25) is 14.2 Å². The summed E-state index contributed by atoms with van der Waals surface area (Å²) in [4.78, 5) is 24.0. The van der Waals surface area contributed by atoms with Crippen LogP contribution in [0.4, 0.5) is 5.69 Å². The van der Waals surface area contributed by atoms with Gasteiger partial charge in [0.1, 0.15) is 5.75 Å². The first kappa shape index (κ1) is 17.2. The van der Waals surface area contributed by atoms with Crippen LogP contribution in [0, 0.1) is 0 Å². The van der Waals surface area contributed by atoms with E-state index in [1.54, 1.807) is 10.6 Å². The highest BCUT2D eigenvalue weighted by atomic mass is 32.1. The highest BCUT2D eigenvalue weighted by Crippen LogP contribution is 2.22. The van der Waals surface area contributed by atoms with Gasteiger partial charge in [-0.25, -0.2) is 0 Å². The van der Waals surface area contributed by atoms with Crippen molar-refractivity contribution in [2.45, 2.75) is 26.8 Å². The quantitative estimate of drug-likeness (QED) is 0.733. The van der Waals surface area contributed by atoms with Gasteiger partial charge in [0.25, 0.3) is 5.91 Å². The Kier molecular flexibility index (Phi) is 5.19. The number of aromatic nitrogens is 1. The molecule has 0 aliphatic heterocycles. The first-order valence-electron chi connectivity index (χ1n) is 8.25. The molecular formula is C19H20N2O3S. The van der Waals surface area contributed by atoms with Gasteiger partial charge in [0, 0.05) is 12.2 Å². The summed E-state index contributed by atoms with van der Waals surface area (Å²) in [6.45, 7) is 4.60. The van der Waals surface area contributed by atoms with Crippen LogP contribution in [-0.2, 0) is 17.8 Å². The smallest absolute Gasteiger partial charge is 0.308 e. The lowest BCUT2D eigenvalue weighted by Gasteiger charge is -2.08. The summed E-state index contributed by atoms with van der Waals surface area (Å²) in [5.41, 5.74) is 2.78. The Balaban J connectivity index is 1.64. The van der Waals surface area contributed by atoms with E-state index < -0.39 is 0 Å². The van der Waals surface area contributed by atoms with Gasteiger partial charge in [-0.2, -0.15) is 0 Å². The van der Waals surface area contributed by atoms with Gasteiger partial charge in [-0.15, -0.1) is 0 Å². The van der Waals surface area contributed by atoms with Gasteiger partial charge in [0.05, 0.1) is 10.2 Å². The first-order valence-corrected chi connectivity index (χ1v) is 9.07. The fourth-order valence-electron chi connectivity index (χ4n) is 2.61. The summed E-state index contributed by atoms with van der Waals surface area (Å²) < 4.78 is 8.08. The number of hydrogen-bond donors (Lipinski definition) is 1. The zero-order chi connectivity index (χ0) is 17.8. The Morgan fingerprint density at radius 1 is 1.16 bits per heavy atom. The number of hydrogen-bond acceptors (Lipinski definition) is 4. The monoisotopic (exact) mass is 356 g/mol. The normalized spacial score (nSPS) is 10.8. The third-order valence-corrected chi connectivity index (χ3v) is 4.91. The Morgan fingerprint density at radius 3 is 2.60 bits per heavy atom. The minimum atomic E-state index is -0.235. The van der Waals surface area contributed by atoms with Crippen LogP contribution in [0.1, 0.15) is 19.4 Å². The van der Waals surface area contributed by atoms with E-state index >= 15 is 0 Å². The predicted molar refractivity (Wildman–Crippen MR) is 102 cm³/mol. The molecule has 1 aromatic heterocycles. The molecule has 0 fully saturated rings. The number of carbonyl (C=O) groups excluding carboxylic acids is 1. The largest absolute Gasteiger partial charge is 0.484 e. The summed E-state index contributed by atoms with van der Waals surface area (Å²) in [6.07, 6.45) is 0.967. The third kappa shape index (κ3) is 3.91. The van der Waals surface area contributed by atoms with E-state index in [-0.39, 0.29) is 17.4 Å². The average Bonchev–Trinajstić information content (AvgIpc) is 2.94. The van der Waals surface area contributed by atoms with E-state index in [4.69, 9.17) is 4.74 Å². The summed E-state index contributed by atoms with van der Waals surface area (Å²) >= 11 is 1.18. The molecule has 1 amide bonds. The standard InChI is InChI=1S/C19H20N2O3S/c1-3-13-5-8-15(9-6-13)24-12-18(22)20-14-7-10-16-17(11-14)25-19(23)21(16)4-2/h5-11H,3-4,12H2,1-2H3,(H,20,22). The van der Waals surface area contributed by atoms with Crippen LogP contribution >= 0.6 is 11.3 Å². The Hall–Kier alpha value is -2.60. The summed E-state index contributed by atoms with van der Waals surface area (Å²) in [5.74, 6) is 0.433. The van der Waals surface area contributed by atoms with Crippen molar-refractivity contribution in [1.29, 1.82) is 0 Å². The molecule has 0 bridgehead atoms. The summed E-state index contributed by atoms with van der Waals surface area (Å²) in [5, 5.41) is 2.81. The number of carbonyl (C=O) groups is 1. The van der Waals surface area contributed by atoms with Crippen molar-refractivity contribution in [3.8, 4) is 5.75 Å². The van der Waals surface area contributed by atoms with Crippen molar-refractivity contribution in [2.75, 3.05) is 11.9 Å². The molecule has 2 aromatic carbocycles. The fraction of sp³-hybridized carbons (Fsp3) is 0.263. The second-order valence-electron chi connectivity index (χ2n) is 5.63. The van der Waals surface area contributed by atoms with Gasteiger partial charge >= 0.3 is 4.87 Å². The Labute approximate surface area is 149 Å². The van der Waals surface area contributed by atoms with Crippen LogP contribution < -0.4 is 14.9 Å². The molecule has 0 radical (unpaired) electrons. The number of thiazole rings is 1. The Morgan fingerprint density at radius 2 is 1.92 bits per heavy atom. The zero-order valence-corrected chi connectivity index (χ0v) is 15.1. The molecule has 1 N–H and O–H groups in total. The van der Waals surface area contributed by atoms with Crippen LogP contribution in [0.3, 0.4) is 0 Å². The lowest BCUT2D eigenvalue weighted by molar-refractivity contribution is -0.118. The highest BCUT2D eigenvalue weighted by molar-refractivity contribution is 7.16. The van der Waals surface area contributed by atoms with Crippen molar-refractivity contribution < 1.29 is 9.53 Å². The number of nitrogens with one attached hydrogen (secondary N) is 1. The summed E-state index contributed by atoms with van der Waals surface area (Å²) in [7, 11) is 0. The molecule has 130 valence electrons. The molecule has 5 nitrogen and oxygen atoms in total. The average molecular weight is 356 g/mol. The number of ether oxygens (including phenoxy) is 1. The zero-order valence-electron chi connectivity index (χ0n) is 14.2. The maximum Gasteiger partial charge on any atom is 0.308 e. The van der Waals surface area contributed by atoms with Crippen LogP contribution in [-0.4, -0.2) is 17.1 Å². The number of anilines is 1. The van der Waals surface area contributed by atoms with E-state index in [1.165, 1.54) is 16.9 Å². The second-order valence-corrected chi connectivity index (χ2v) is 6.62. The number of benzene rings is 2. The molecule has 1 heterocycles. The highest BCUT2D eigenvalue weighted by Gasteiger charge is 2.09. The Bertz CT molecular complexity index is 941. The molecule has 25 heavy (non-hydrogen) atoms. The summed E-state index contributed by atoms with van der Waals surface area (Å²) in [6, 6.07) is 13.2. The van der Waals surface area contributed by atoms with Crippen LogP contribution in [0.5, 0.6) is 5.75 Å². The van der Waals surface area contributed by atoms with Crippen molar-refractivity contribution in [2.24, 2.45) is 0 Å². The number of rotatable bonds is 6. The molecule has 0 unspecified atom stereocenters. The minimum absolute atomic E-state index is 0.0137. The van der Waals surface area contributed by atoms with Gasteiger partial charge in [-0.05, 0) is 49.2 Å². The maximum absolute atomic E-state index is 12.1.